The van der Waals surface area contributed by atoms with Crippen LogP contribution in [0.15, 0.2) is 36.5 Å². The van der Waals surface area contributed by atoms with E-state index in [9.17, 15) is 0 Å². The van der Waals surface area contributed by atoms with Gasteiger partial charge in [-0.1, -0.05) is 11.6 Å². The molecular formula is C14H16ClN3O2. The summed E-state index contributed by atoms with van der Waals surface area (Å²) in [4.78, 5) is 4.16. The van der Waals surface area contributed by atoms with Crippen molar-refractivity contribution in [2.24, 2.45) is 0 Å². The molecule has 0 fully saturated rings. The smallest absolute Gasteiger partial charge is 0.138 e. The van der Waals surface area contributed by atoms with Crippen LogP contribution in [-0.2, 0) is 6.61 Å². The van der Waals surface area contributed by atoms with E-state index in [0.29, 0.717) is 35.4 Å². The molecule has 0 radical (unpaired) electrons. The van der Waals surface area contributed by atoms with Gasteiger partial charge in [-0.2, -0.15) is 0 Å². The van der Waals surface area contributed by atoms with E-state index in [1.807, 2.05) is 0 Å². The highest BCUT2D eigenvalue weighted by Crippen LogP contribution is 2.21. The van der Waals surface area contributed by atoms with Gasteiger partial charge in [-0.3, -0.25) is 0 Å². The van der Waals surface area contributed by atoms with Crippen molar-refractivity contribution < 1.29 is 9.84 Å². The van der Waals surface area contributed by atoms with E-state index in [0.717, 1.165) is 5.56 Å². The van der Waals surface area contributed by atoms with Crippen LogP contribution < -0.4 is 15.8 Å². The Morgan fingerprint density at radius 3 is 2.85 bits per heavy atom. The lowest BCUT2D eigenvalue weighted by Gasteiger charge is -2.09. The molecule has 4 N–H and O–H groups in total. The second-order valence-electron chi connectivity index (χ2n) is 4.17. The van der Waals surface area contributed by atoms with E-state index in [-0.39, 0.29) is 6.61 Å². The lowest BCUT2D eigenvalue weighted by molar-refractivity contribution is 0.305. The number of pyridine rings is 1. The fourth-order valence-electron chi connectivity index (χ4n) is 1.62. The molecule has 0 saturated heterocycles. The number of nitrogen functional groups attached to an aromatic ring is 1. The van der Waals surface area contributed by atoms with Crippen molar-refractivity contribution in [2.75, 3.05) is 24.2 Å². The third-order valence-electron chi connectivity index (χ3n) is 2.62. The number of nitrogens with one attached hydrogen (secondary N) is 1. The molecule has 5 nitrogen and oxygen atoms in total. The largest absolute Gasteiger partial charge is 0.487 e. The molecule has 0 atom stereocenters. The number of anilines is 2. The number of aliphatic hydroxyl groups excluding tert-OH is 1. The number of aliphatic hydroxyl groups is 1. The van der Waals surface area contributed by atoms with Gasteiger partial charge >= 0.3 is 0 Å². The van der Waals surface area contributed by atoms with Crippen LogP contribution in [-0.4, -0.2) is 23.2 Å². The Balaban J connectivity index is 1.95. The summed E-state index contributed by atoms with van der Waals surface area (Å²) in [5.41, 5.74) is 7.18. The van der Waals surface area contributed by atoms with E-state index < -0.39 is 0 Å². The topological polar surface area (TPSA) is 80.4 Å². The fourth-order valence-corrected chi connectivity index (χ4v) is 1.79. The molecular weight excluding hydrogens is 278 g/mol. The SMILES string of the molecule is Nc1ccc(Cl)c(COc2ccc(NCCO)nc2)c1. The summed E-state index contributed by atoms with van der Waals surface area (Å²) < 4.78 is 5.61. The van der Waals surface area contributed by atoms with Gasteiger partial charge in [-0.25, -0.2) is 4.98 Å². The van der Waals surface area contributed by atoms with Crippen LogP contribution in [0.25, 0.3) is 0 Å². The highest BCUT2D eigenvalue weighted by Gasteiger charge is 2.03. The molecule has 2 aromatic rings. The van der Waals surface area contributed by atoms with Crippen molar-refractivity contribution in [1.82, 2.24) is 4.98 Å². The van der Waals surface area contributed by atoms with E-state index in [2.05, 4.69) is 10.3 Å². The first kappa shape index (κ1) is 14.4. The molecule has 0 amide bonds. The molecule has 0 saturated carbocycles. The van der Waals surface area contributed by atoms with Gasteiger partial charge in [0.2, 0.25) is 0 Å². The molecule has 1 aromatic carbocycles. The van der Waals surface area contributed by atoms with Crippen molar-refractivity contribution in [2.45, 2.75) is 6.61 Å². The Bertz CT molecular complexity index is 561. The van der Waals surface area contributed by atoms with Gasteiger partial charge in [-0.15, -0.1) is 0 Å². The van der Waals surface area contributed by atoms with Crippen LogP contribution in [0, 0.1) is 0 Å². The normalized spacial score (nSPS) is 10.3. The maximum atomic E-state index is 8.70. The monoisotopic (exact) mass is 293 g/mol. The lowest BCUT2D eigenvalue weighted by atomic mass is 10.2. The van der Waals surface area contributed by atoms with Crippen molar-refractivity contribution in [3.63, 3.8) is 0 Å². The summed E-state index contributed by atoms with van der Waals surface area (Å²) in [7, 11) is 0. The van der Waals surface area contributed by atoms with Gasteiger partial charge in [0.15, 0.2) is 0 Å². The number of nitrogens with zero attached hydrogens (tertiary/aromatic N) is 1. The summed E-state index contributed by atoms with van der Waals surface area (Å²) in [6.45, 7) is 0.856. The van der Waals surface area contributed by atoms with Crippen LogP contribution in [0.5, 0.6) is 5.75 Å². The minimum atomic E-state index is 0.0634. The van der Waals surface area contributed by atoms with Crippen molar-refractivity contribution >= 4 is 23.1 Å². The molecule has 0 unspecified atom stereocenters. The fraction of sp³-hybridized carbons (Fsp3) is 0.214. The van der Waals surface area contributed by atoms with Gasteiger partial charge in [0.05, 0.1) is 12.8 Å². The van der Waals surface area contributed by atoms with E-state index in [1.54, 1.807) is 36.5 Å². The Hall–Kier alpha value is -1.98. The highest BCUT2D eigenvalue weighted by molar-refractivity contribution is 6.31. The van der Waals surface area contributed by atoms with Gasteiger partial charge < -0.3 is 20.9 Å². The molecule has 106 valence electrons. The standard InChI is InChI=1S/C14H16ClN3O2/c15-13-3-1-11(16)7-10(13)9-20-12-2-4-14(18-8-12)17-5-6-19/h1-4,7-8,19H,5-6,9,16H2,(H,17,18). The van der Waals surface area contributed by atoms with Crippen molar-refractivity contribution in [3.05, 3.63) is 47.1 Å². The van der Waals surface area contributed by atoms with Gasteiger partial charge in [-0.05, 0) is 30.3 Å². The average molecular weight is 294 g/mol. The zero-order chi connectivity index (χ0) is 14.4. The van der Waals surface area contributed by atoms with Crippen molar-refractivity contribution in [1.29, 1.82) is 0 Å². The summed E-state index contributed by atoms with van der Waals surface area (Å²) >= 11 is 6.06. The number of hydrogen-bond acceptors (Lipinski definition) is 5. The predicted octanol–water partition coefficient (Wildman–Crippen LogP) is 2.30. The third-order valence-corrected chi connectivity index (χ3v) is 2.99. The molecule has 0 aliphatic carbocycles. The number of hydrogen-bond donors (Lipinski definition) is 3. The molecule has 0 bridgehead atoms. The molecule has 1 aromatic heterocycles. The van der Waals surface area contributed by atoms with E-state index >= 15 is 0 Å². The zero-order valence-electron chi connectivity index (χ0n) is 10.8. The summed E-state index contributed by atoms with van der Waals surface area (Å²) in [5, 5.41) is 12.3. The average Bonchev–Trinajstić information content (AvgIpc) is 2.47. The highest BCUT2D eigenvalue weighted by atomic mass is 35.5. The van der Waals surface area contributed by atoms with Crippen LogP contribution in [0.3, 0.4) is 0 Å². The van der Waals surface area contributed by atoms with Crippen LogP contribution >= 0.6 is 11.6 Å². The van der Waals surface area contributed by atoms with Gasteiger partial charge in [0.1, 0.15) is 18.2 Å². The zero-order valence-corrected chi connectivity index (χ0v) is 11.6. The molecule has 6 heteroatoms. The Labute approximate surface area is 122 Å². The van der Waals surface area contributed by atoms with Crippen LogP contribution in [0.1, 0.15) is 5.56 Å². The van der Waals surface area contributed by atoms with E-state index in [4.69, 9.17) is 27.2 Å². The van der Waals surface area contributed by atoms with E-state index in [1.165, 1.54) is 0 Å². The van der Waals surface area contributed by atoms with Crippen molar-refractivity contribution in [3.8, 4) is 5.75 Å². The van der Waals surface area contributed by atoms with Crippen LogP contribution in [0.2, 0.25) is 5.02 Å². The first-order valence-corrected chi connectivity index (χ1v) is 6.54. The number of rotatable bonds is 6. The third kappa shape index (κ3) is 4.01. The number of ether oxygens (including phenoxy) is 1. The Morgan fingerprint density at radius 2 is 2.15 bits per heavy atom. The second-order valence-corrected chi connectivity index (χ2v) is 4.58. The second kappa shape index (κ2) is 6.98. The predicted molar refractivity (Wildman–Crippen MR) is 80.0 cm³/mol. The summed E-state index contributed by atoms with van der Waals surface area (Å²) in [6, 6.07) is 8.86. The number of nitrogens with two attached hydrogens (primary N) is 1. The number of benzene rings is 1. The number of halogens is 1. The maximum Gasteiger partial charge on any atom is 0.138 e. The molecule has 20 heavy (non-hydrogen) atoms. The quantitative estimate of drug-likeness (QED) is 0.712. The summed E-state index contributed by atoms with van der Waals surface area (Å²) in [6.07, 6.45) is 1.61. The summed E-state index contributed by atoms with van der Waals surface area (Å²) in [5.74, 6) is 1.33. The number of aromatic nitrogens is 1. The van der Waals surface area contributed by atoms with Gasteiger partial charge in [0, 0.05) is 22.8 Å². The molecule has 0 spiro atoms. The maximum absolute atomic E-state index is 8.70. The Kier molecular flexibility index (Phi) is 5.03. The lowest BCUT2D eigenvalue weighted by Crippen LogP contribution is -2.06. The minimum absolute atomic E-state index is 0.0634. The first-order chi connectivity index (χ1) is 9.69. The molecule has 0 aliphatic rings. The van der Waals surface area contributed by atoms with Crippen LogP contribution in [0.4, 0.5) is 11.5 Å². The Morgan fingerprint density at radius 1 is 1.30 bits per heavy atom. The molecule has 1 heterocycles. The van der Waals surface area contributed by atoms with Gasteiger partial charge in [0.25, 0.3) is 0 Å². The first-order valence-electron chi connectivity index (χ1n) is 6.16. The molecule has 2 rings (SSSR count). The minimum Gasteiger partial charge on any atom is -0.487 e. The molecule has 0 aliphatic heterocycles.